The Morgan fingerprint density at radius 1 is 0.812 bits per heavy atom. The highest BCUT2D eigenvalue weighted by atomic mass is 16.6. The summed E-state index contributed by atoms with van der Waals surface area (Å²) in [5.74, 6) is -3.65. The van der Waals surface area contributed by atoms with E-state index in [1.54, 1.807) is 12.1 Å². The van der Waals surface area contributed by atoms with Gasteiger partial charge in [-0.25, -0.2) is 9.59 Å². The molecule has 332 valence electrons. The fourth-order valence-corrected chi connectivity index (χ4v) is 7.37. The van der Waals surface area contributed by atoms with Crippen LogP contribution in [0.4, 0.5) is 0 Å². The Balaban J connectivity index is 0.000000191. The van der Waals surface area contributed by atoms with Crippen molar-refractivity contribution in [1.82, 2.24) is 0 Å². The predicted octanol–water partition coefficient (Wildman–Crippen LogP) is 8.10. The molecule has 2 atom stereocenters. The summed E-state index contributed by atoms with van der Waals surface area (Å²) in [5.41, 5.74) is 2.18. The number of carbonyl (C=O) groups excluding carboxylic acids is 1. The first-order valence-corrected chi connectivity index (χ1v) is 19.7. The SMILES string of the molecule is COc1c(CC=C(C)C)c2c(c3oc(=O)c(-c4ccc(O)cc4)c(O)c13)C=CC(C)(C)O2.O=C(OC1Cc2c(O)cc(O)cc2OC1c1ccc(O)c(O)c1)c1cc(O)c(O)c(O)c1. The molecule has 2 aliphatic rings. The van der Waals surface area contributed by atoms with Gasteiger partial charge in [0.2, 0.25) is 0 Å². The predicted molar refractivity (Wildman–Crippen MR) is 232 cm³/mol. The molecule has 0 aliphatic carbocycles. The van der Waals surface area contributed by atoms with Crippen molar-refractivity contribution in [3.63, 3.8) is 0 Å². The smallest absolute Gasteiger partial charge is 0.348 e. The minimum atomic E-state index is -1.06. The summed E-state index contributed by atoms with van der Waals surface area (Å²) in [4.78, 5) is 25.7. The van der Waals surface area contributed by atoms with Crippen molar-refractivity contribution < 1.29 is 74.1 Å². The van der Waals surface area contributed by atoms with Gasteiger partial charge in [-0.1, -0.05) is 29.8 Å². The number of phenols is 8. The summed E-state index contributed by atoms with van der Waals surface area (Å²) < 4.78 is 29.2. The van der Waals surface area contributed by atoms with Gasteiger partial charge < -0.3 is 69.3 Å². The second-order valence-electron chi connectivity index (χ2n) is 15.9. The minimum absolute atomic E-state index is 0.00458. The summed E-state index contributed by atoms with van der Waals surface area (Å²) >= 11 is 0. The molecule has 16 heteroatoms. The molecule has 16 nitrogen and oxygen atoms in total. The van der Waals surface area contributed by atoms with E-state index in [1.165, 1.54) is 43.5 Å². The molecule has 0 fully saturated rings. The van der Waals surface area contributed by atoms with E-state index >= 15 is 0 Å². The Morgan fingerprint density at radius 3 is 2.14 bits per heavy atom. The molecule has 0 radical (unpaired) electrons. The van der Waals surface area contributed by atoms with Crippen LogP contribution in [-0.2, 0) is 17.6 Å². The van der Waals surface area contributed by atoms with E-state index in [-0.39, 0.29) is 63.2 Å². The van der Waals surface area contributed by atoms with E-state index in [1.807, 2.05) is 39.8 Å². The molecule has 0 bridgehead atoms. The molecular weight excluding hydrogens is 833 g/mol. The number of methoxy groups -OCH3 is 1. The minimum Gasteiger partial charge on any atom is -0.508 e. The third-order valence-electron chi connectivity index (χ3n) is 10.5. The largest absolute Gasteiger partial charge is 0.508 e. The van der Waals surface area contributed by atoms with Crippen molar-refractivity contribution in [3.8, 4) is 80.1 Å². The van der Waals surface area contributed by atoms with Gasteiger partial charge in [0.25, 0.3) is 0 Å². The first-order chi connectivity index (χ1) is 30.3. The van der Waals surface area contributed by atoms with Crippen LogP contribution in [0.15, 0.2) is 93.7 Å². The van der Waals surface area contributed by atoms with Gasteiger partial charge in [0, 0.05) is 35.2 Å². The van der Waals surface area contributed by atoms with E-state index < -0.39 is 52.4 Å². The highest BCUT2D eigenvalue weighted by Crippen LogP contribution is 2.50. The average molecular weight is 877 g/mol. The Labute approximate surface area is 364 Å². The Hall–Kier alpha value is -8.14. The zero-order valence-corrected chi connectivity index (χ0v) is 35.0. The van der Waals surface area contributed by atoms with Crippen LogP contribution in [0.5, 0.6) is 69.0 Å². The lowest BCUT2D eigenvalue weighted by molar-refractivity contribution is -0.0189. The van der Waals surface area contributed by atoms with E-state index in [9.17, 15) is 55.5 Å². The van der Waals surface area contributed by atoms with Gasteiger partial charge in [-0.3, -0.25) is 0 Å². The van der Waals surface area contributed by atoms with Crippen molar-refractivity contribution in [2.24, 2.45) is 0 Å². The number of fused-ring (bicyclic) bond motifs is 4. The van der Waals surface area contributed by atoms with Gasteiger partial charge in [-0.05, 0) is 88.2 Å². The van der Waals surface area contributed by atoms with Crippen molar-refractivity contribution in [2.45, 2.75) is 58.3 Å². The summed E-state index contributed by atoms with van der Waals surface area (Å²) in [7, 11) is 1.52. The van der Waals surface area contributed by atoms with E-state index in [4.69, 9.17) is 23.4 Å². The first kappa shape index (κ1) is 43.9. The molecule has 5 aromatic carbocycles. The fraction of sp³-hybridized carbons (Fsp3) is 0.208. The van der Waals surface area contributed by atoms with Crippen molar-refractivity contribution in [2.75, 3.05) is 7.11 Å². The number of carbonyl (C=O) groups is 1. The van der Waals surface area contributed by atoms with Crippen LogP contribution in [0.2, 0.25) is 0 Å². The molecule has 2 unspecified atom stereocenters. The van der Waals surface area contributed by atoms with Gasteiger partial charge in [-0.2, -0.15) is 0 Å². The maximum atomic E-state index is 12.9. The van der Waals surface area contributed by atoms with Gasteiger partial charge in [0.15, 0.2) is 40.4 Å². The summed E-state index contributed by atoms with van der Waals surface area (Å²) in [6.07, 6.45) is 4.18. The number of hydrogen-bond donors (Lipinski definition) is 9. The lowest BCUT2D eigenvalue weighted by Gasteiger charge is -2.34. The second-order valence-corrected chi connectivity index (χ2v) is 15.9. The van der Waals surface area contributed by atoms with Crippen LogP contribution in [-0.4, -0.2) is 70.7 Å². The molecule has 0 spiro atoms. The molecule has 0 amide bonds. The zero-order chi connectivity index (χ0) is 46.4. The maximum Gasteiger partial charge on any atom is 0.348 e. The number of allylic oxidation sites excluding steroid dienone is 2. The van der Waals surface area contributed by atoms with E-state index in [0.29, 0.717) is 40.0 Å². The van der Waals surface area contributed by atoms with Crippen LogP contribution in [0.1, 0.15) is 66.4 Å². The van der Waals surface area contributed by atoms with Crippen LogP contribution < -0.4 is 19.8 Å². The molecule has 0 saturated heterocycles. The Bertz CT molecular complexity index is 2920. The third kappa shape index (κ3) is 8.53. The number of aromatic hydroxyl groups is 9. The van der Waals surface area contributed by atoms with E-state index in [0.717, 1.165) is 29.3 Å². The molecule has 1 aromatic heterocycles. The molecule has 9 N–H and O–H groups in total. The van der Waals surface area contributed by atoms with Crippen LogP contribution in [0.25, 0.3) is 28.2 Å². The number of benzene rings is 5. The summed E-state index contributed by atoms with van der Waals surface area (Å²) in [6, 6.07) is 14.1. The second kappa shape index (κ2) is 17.0. The molecule has 8 rings (SSSR count). The molecular formula is C48H44O16. The van der Waals surface area contributed by atoms with Crippen LogP contribution in [0, 0.1) is 0 Å². The summed E-state index contributed by atoms with van der Waals surface area (Å²) in [5, 5.41) is 89.4. The topological polar surface area (TPSA) is 266 Å². The average Bonchev–Trinajstić information content (AvgIpc) is 3.23. The monoisotopic (exact) mass is 876 g/mol. The third-order valence-corrected chi connectivity index (χ3v) is 10.5. The maximum absolute atomic E-state index is 12.9. The van der Waals surface area contributed by atoms with Crippen molar-refractivity contribution >= 4 is 23.0 Å². The molecule has 64 heavy (non-hydrogen) atoms. The fourth-order valence-electron chi connectivity index (χ4n) is 7.37. The zero-order valence-electron chi connectivity index (χ0n) is 35.0. The Kier molecular flexibility index (Phi) is 11.6. The highest BCUT2D eigenvalue weighted by Gasteiger charge is 2.37. The lowest BCUT2D eigenvalue weighted by atomic mass is 9.93. The van der Waals surface area contributed by atoms with Crippen molar-refractivity contribution in [1.29, 1.82) is 0 Å². The van der Waals surface area contributed by atoms with Crippen molar-refractivity contribution in [3.05, 3.63) is 123 Å². The molecule has 2 aliphatic heterocycles. The van der Waals surface area contributed by atoms with Gasteiger partial charge in [0.05, 0.1) is 18.2 Å². The van der Waals surface area contributed by atoms with Gasteiger partial charge in [-0.15, -0.1) is 0 Å². The van der Waals surface area contributed by atoms with E-state index in [2.05, 4.69) is 6.08 Å². The summed E-state index contributed by atoms with van der Waals surface area (Å²) in [6.45, 7) is 7.89. The van der Waals surface area contributed by atoms with Gasteiger partial charge >= 0.3 is 11.6 Å². The number of hydrogen-bond acceptors (Lipinski definition) is 16. The number of esters is 1. The highest BCUT2D eigenvalue weighted by molar-refractivity contribution is 6.02. The standard InChI is InChI=1S/C26H26O6.C22H18O10/c1-14(2)6-11-17-22-18(12-13-26(3,4)32-22)24-20(23(17)30-5)21(28)19(25(29)31-24)15-7-9-16(27)10-8-15;23-11-6-14(25)12-8-19(32-22(30)10-4-16(27)20(29)17(28)5-10)21(31-18(12)7-11)9-1-2-13(24)15(26)3-9/h6-10,12-13,27-28H,11H2,1-5H3;1-7,19,21,23-29H,8H2. The quantitative estimate of drug-likeness (QED) is 0.0317. The first-order valence-electron chi connectivity index (χ1n) is 19.7. The molecule has 3 heterocycles. The number of ether oxygens (including phenoxy) is 4. The van der Waals surface area contributed by atoms with Crippen LogP contribution in [0.3, 0.4) is 0 Å². The molecule has 6 aromatic rings. The van der Waals surface area contributed by atoms with Gasteiger partial charge in [0.1, 0.15) is 62.9 Å². The normalized spacial score (nSPS) is 15.6. The Morgan fingerprint density at radius 2 is 1.50 bits per heavy atom. The number of phenolic OH excluding ortho intramolecular Hbond substituents is 8. The lowest BCUT2D eigenvalue weighted by Crippen LogP contribution is -2.34. The van der Waals surface area contributed by atoms with Crippen LogP contribution >= 0.6 is 0 Å². The molecule has 0 saturated carbocycles. The number of rotatable bonds is 7.